The Balaban J connectivity index is 0.00000576. The van der Waals surface area contributed by atoms with Crippen molar-refractivity contribution in [2.75, 3.05) is 19.6 Å². The van der Waals surface area contributed by atoms with Crippen LogP contribution in [0.15, 0.2) is 18.2 Å². The largest absolute Gasteiger partial charge is 0.353 e. The van der Waals surface area contributed by atoms with Crippen LogP contribution in [0.1, 0.15) is 37.6 Å². The summed E-state index contributed by atoms with van der Waals surface area (Å²) < 4.78 is 27.3. The van der Waals surface area contributed by atoms with Crippen molar-refractivity contribution in [3.8, 4) is 0 Å². The first-order valence-corrected chi connectivity index (χ1v) is 8.11. The zero-order chi connectivity index (χ0) is 18.1. The molecular formula is C17H26ClF2N3O2. The third-order valence-electron chi connectivity index (χ3n) is 3.45. The molecule has 1 unspecified atom stereocenters. The maximum atomic E-state index is 13.7. The molecule has 1 rings (SSSR count). The Kier molecular flexibility index (Phi) is 10.9. The number of hydrogen-bond donors (Lipinski definition) is 3. The lowest BCUT2D eigenvalue weighted by Gasteiger charge is -2.22. The van der Waals surface area contributed by atoms with Gasteiger partial charge in [0.1, 0.15) is 23.2 Å². The van der Waals surface area contributed by atoms with E-state index in [9.17, 15) is 18.4 Å². The molecule has 0 spiro atoms. The molecule has 0 heterocycles. The number of benzene rings is 1. The molecule has 3 N–H and O–H groups in total. The van der Waals surface area contributed by atoms with Crippen molar-refractivity contribution in [3.05, 3.63) is 35.4 Å². The molecule has 5 nitrogen and oxygen atoms in total. The summed E-state index contributed by atoms with van der Waals surface area (Å²) in [5.74, 6) is -3.47. The van der Waals surface area contributed by atoms with Gasteiger partial charge in [0.05, 0.1) is 0 Å². The minimum Gasteiger partial charge on any atom is -0.353 e. The average molecular weight is 378 g/mol. The van der Waals surface area contributed by atoms with Crippen molar-refractivity contribution < 1.29 is 18.4 Å². The van der Waals surface area contributed by atoms with Crippen LogP contribution < -0.4 is 16.0 Å². The van der Waals surface area contributed by atoms with Gasteiger partial charge in [0.2, 0.25) is 5.91 Å². The summed E-state index contributed by atoms with van der Waals surface area (Å²) in [6.45, 7) is 7.41. The fourth-order valence-corrected chi connectivity index (χ4v) is 2.15. The molecule has 0 fully saturated rings. The van der Waals surface area contributed by atoms with Crippen LogP contribution in [-0.2, 0) is 4.79 Å². The van der Waals surface area contributed by atoms with Crippen LogP contribution in [0.5, 0.6) is 0 Å². The van der Waals surface area contributed by atoms with E-state index in [0.717, 1.165) is 25.1 Å². The first-order chi connectivity index (χ1) is 11.4. The van der Waals surface area contributed by atoms with E-state index in [1.165, 1.54) is 6.07 Å². The van der Waals surface area contributed by atoms with E-state index in [1.54, 1.807) is 13.8 Å². The Morgan fingerprint density at radius 1 is 1.08 bits per heavy atom. The Hall–Kier alpha value is -1.73. The van der Waals surface area contributed by atoms with Crippen LogP contribution in [-0.4, -0.2) is 37.5 Å². The second-order valence-electron chi connectivity index (χ2n) is 5.83. The highest BCUT2D eigenvalue weighted by Crippen LogP contribution is 2.13. The first-order valence-electron chi connectivity index (χ1n) is 8.11. The van der Waals surface area contributed by atoms with E-state index in [2.05, 4.69) is 16.0 Å². The molecule has 25 heavy (non-hydrogen) atoms. The number of halogens is 3. The molecule has 142 valence electrons. The van der Waals surface area contributed by atoms with Gasteiger partial charge in [-0.2, -0.15) is 0 Å². The maximum Gasteiger partial charge on any atom is 0.257 e. The van der Waals surface area contributed by atoms with Crippen molar-refractivity contribution in [2.45, 2.75) is 33.2 Å². The van der Waals surface area contributed by atoms with E-state index in [0.29, 0.717) is 13.1 Å². The predicted octanol–water partition coefficient (Wildman–Crippen LogP) is 2.26. The zero-order valence-corrected chi connectivity index (χ0v) is 15.5. The Bertz CT molecular complexity index is 551. The molecule has 8 heteroatoms. The smallest absolute Gasteiger partial charge is 0.257 e. The molecular weight excluding hydrogens is 352 g/mol. The summed E-state index contributed by atoms with van der Waals surface area (Å²) in [4.78, 5) is 24.4. The van der Waals surface area contributed by atoms with E-state index in [4.69, 9.17) is 0 Å². The molecule has 0 aliphatic carbocycles. The van der Waals surface area contributed by atoms with Gasteiger partial charge >= 0.3 is 0 Å². The molecule has 0 aromatic heterocycles. The van der Waals surface area contributed by atoms with Gasteiger partial charge in [0.25, 0.3) is 5.91 Å². The monoisotopic (exact) mass is 377 g/mol. The molecule has 0 saturated heterocycles. The van der Waals surface area contributed by atoms with Crippen LogP contribution in [0.25, 0.3) is 0 Å². The summed E-state index contributed by atoms with van der Waals surface area (Å²) in [6.07, 6.45) is 0.993. The highest BCUT2D eigenvalue weighted by molar-refractivity contribution is 5.98. The van der Waals surface area contributed by atoms with E-state index in [1.807, 2.05) is 6.92 Å². The van der Waals surface area contributed by atoms with Crippen molar-refractivity contribution in [1.29, 1.82) is 0 Å². The lowest BCUT2D eigenvalue weighted by Crippen LogP contribution is -2.51. The average Bonchev–Trinajstić information content (AvgIpc) is 2.51. The molecule has 0 aliphatic rings. The van der Waals surface area contributed by atoms with Gasteiger partial charge in [-0.3, -0.25) is 9.59 Å². The molecule has 2 amide bonds. The van der Waals surface area contributed by atoms with Gasteiger partial charge in [-0.1, -0.05) is 26.8 Å². The molecule has 0 aliphatic heterocycles. The molecule has 1 aromatic rings. The molecule has 1 atom stereocenters. The highest BCUT2D eigenvalue weighted by Gasteiger charge is 2.26. The summed E-state index contributed by atoms with van der Waals surface area (Å²) in [5.41, 5.74) is -0.680. The molecule has 1 aromatic carbocycles. The van der Waals surface area contributed by atoms with Crippen molar-refractivity contribution >= 4 is 24.2 Å². The van der Waals surface area contributed by atoms with E-state index < -0.39 is 29.1 Å². The first kappa shape index (κ1) is 23.3. The SMILES string of the molecule is CCCNCCNC(=O)C(NC(=O)c1c(F)cccc1F)C(C)C.Cl. The Morgan fingerprint density at radius 2 is 1.68 bits per heavy atom. The van der Waals surface area contributed by atoms with Gasteiger partial charge in [-0.15, -0.1) is 12.4 Å². The lowest BCUT2D eigenvalue weighted by atomic mass is 10.0. The van der Waals surface area contributed by atoms with Crippen LogP contribution in [0, 0.1) is 17.6 Å². The third-order valence-corrected chi connectivity index (χ3v) is 3.45. The number of carbonyl (C=O) groups excluding carboxylic acids is 2. The van der Waals surface area contributed by atoms with Gasteiger partial charge in [0.15, 0.2) is 0 Å². The van der Waals surface area contributed by atoms with E-state index in [-0.39, 0.29) is 24.2 Å². The Labute approximate surface area is 153 Å². The lowest BCUT2D eigenvalue weighted by molar-refractivity contribution is -0.123. The van der Waals surface area contributed by atoms with Gasteiger partial charge in [0, 0.05) is 13.1 Å². The molecule has 0 bridgehead atoms. The van der Waals surface area contributed by atoms with Crippen LogP contribution in [0.3, 0.4) is 0 Å². The number of rotatable bonds is 9. The fraction of sp³-hybridized carbons (Fsp3) is 0.529. The van der Waals surface area contributed by atoms with Gasteiger partial charge < -0.3 is 16.0 Å². The quantitative estimate of drug-likeness (QED) is 0.578. The van der Waals surface area contributed by atoms with Crippen molar-refractivity contribution in [3.63, 3.8) is 0 Å². The summed E-state index contributed by atoms with van der Waals surface area (Å²) >= 11 is 0. The molecule has 0 saturated carbocycles. The van der Waals surface area contributed by atoms with Crippen molar-refractivity contribution in [2.24, 2.45) is 5.92 Å². The number of amides is 2. The highest BCUT2D eigenvalue weighted by atomic mass is 35.5. The van der Waals surface area contributed by atoms with Gasteiger partial charge in [-0.25, -0.2) is 8.78 Å². The van der Waals surface area contributed by atoms with Crippen LogP contribution in [0.2, 0.25) is 0 Å². The summed E-state index contributed by atoms with van der Waals surface area (Å²) in [6, 6.07) is 2.31. The fourth-order valence-electron chi connectivity index (χ4n) is 2.15. The Morgan fingerprint density at radius 3 is 2.20 bits per heavy atom. The predicted molar refractivity (Wildman–Crippen MR) is 95.9 cm³/mol. The second-order valence-corrected chi connectivity index (χ2v) is 5.83. The number of hydrogen-bond acceptors (Lipinski definition) is 3. The normalized spacial score (nSPS) is 11.6. The summed E-state index contributed by atoms with van der Waals surface area (Å²) in [7, 11) is 0. The summed E-state index contributed by atoms with van der Waals surface area (Å²) in [5, 5.41) is 8.26. The topological polar surface area (TPSA) is 70.2 Å². The number of nitrogens with one attached hydrogen (secondary N) is 3. The standard InChI is InChI=1S/C17H25F2N3O2.ClH/c1-4-8-20-9-10-21-17(24)15(11(2)3)22-16(23)14-12(18)6-5-7-13(14)19;/h5-7,11,15,20H,4,8-10H2,1-3H3,(H,21,24)(H,22,23);1H. The second kappa shape index (κ2) is 11.8. The minimum atomic E-state index is -0.959. The molecule has 0 radical (unpaired) electrons. The van der Waals surface area contributed by atoms with Crippen LogP contribution >= 0.6 is 12.4 Å². The maximum absolute atomic E-state index is 13.7. The third kappa shape index (κ3) is 7.36. The van der Waals surface area contributed by atoms with Crippen molar-refractivity contribution in [1.82, 2.24) is 16.0 Å². The minimum absolute atomic E-state index is 0. The van der Waals surface area contributed by atoms with E-state index >= 15 is 0 Å². The number of carbonyl (C=O) groups is 2. The van der Waals surface area contributed by atoms with Gasteiger partial charge in [-0.05, 0) is 31.0 Å². The zero-order valence-electron chi connectivity index (χ0n) is 14.7. The van der Waals surface area contributed by atoms with Crippen LogP contribution in [0.4, 0.5) is 8.78 Å².